The summed E-state index contributed by atoms with van der Waals surface area (Å²) in [6.45, 7) is 4.70. The smallest absolute Gasteiger partial charge is 0.274 e. The van der Waals surface area contributed by atoms with Gasteiger partial charge in [0.25, 0.3) is 5.91 Å². The molecule has 0 aliphatic carbocycles. The summed E-state index contributed by atoms with van der Waals surface area (Å²) in [4.78, 5) is 15.0. The Kier molecular flexibility index (Phi) is 4.61. The minimum absolute atomic E-state index is 0.0151. The van der Waals surface area contributed by atoms with E-state index in [1.165, 1.54) is 0 Å². The molecule has 134 valence electrons. The highest BCUT2D eigenvalue weighted by atomic mass is 16.3. The first-order valence-corrected chi connectivity index (χ1v) is 9.35. The summed E-state index contributed by atoms with van der Waals surface area (Å²) in [7, 11) is 0. The number of furan rings is 1. The van der Waals surface area contributed by atoms with Crippen LogP contribution >= 0.6 is 0 Å². The van der Waals surface area contributed by atoms with E-state index in [4.69, 9.17) is 4.42 Å². The van der Waals surface area contributed by atoms with Gasteiger partial charge in [0.2, 0.25) is 0 Å². The number of rotatable bonds is 3. The standard InChI is InChI=1S/C19H26N4O2/c1-14-7-8-18(25-14)17-6-2-3-11-22(17)19(24)16-9-12-23(21-16)15-5-4-10-20-13-15/h7-9,12,15,17,20H,2-6,10-11,13H2,1H3. The van der Waals surface area contributed by atoms with Crippen LogP contribution in [0.1, 0.15) is 66.2 Å². The van der Waals surface area contributed by atoms with Crippen molar-refractivity contribution in [2.75, 3.05) is 19.6 Å². The maximum atomic E-state index is 13.1. The zero-order valence-corrected chi connectivity index (χ0v) is 14.8. The van der Waals surface area contributed by atoms with Gasteiger partial charge in [0.1, 0.15) is 17.2 Å². The molecular formula is C19H26N4O2. The Bertz CT molecular complexity index is 729. The number of amides is 1. The van der Waals surface area contributed by atoms with E-state index >= 15 is 0 Å². The number of nitrogens with one attached hydrogen (secondary N) is 1. The molecule has 2 aromatic rings. The normalized spacial score (nSPS) is 24.4. The molecule has 4 rings (SSSR count). The zero-order chi connectivity index (χ0) is 17.2. The van der Waals surface area contributed by atoms with Crippen LogP contribution in [0.15, 0.2) is 28.8 Å². The van der Waals surface area contributed by atoms with Crippen LogP contribution in [0.5, 0.6) is 0 Å². The van der Waals surface area contributed by atoms with Crippen molar-refractivity contribution in [1.82, 2.24) is 20.0 Å². The van der Waals surface area contributed by atoms with Gasteiger partial charge in [0, 0.05) is 19.3 Å². The Morgan fingerprint density at radius 1 is 1.24 bits per heavy atom. The largest absolute Gasteiger partial charge is 0.464 e. The summed E-state index contributed by atoms with van der Waals surface area (Å²) in [6, 6.07) is 6.20. The number of hydrogen-bond donors (Lipinski definition) is 1. The van der Waals surface area contributed by atoms with E-state index < -0.39 is 0 Å². The van der Waals surface area contributed by atoms with Crippen molar-refractivity contribution < 1.29 is 9.21 Å². The number of aromatic nitrogens is 2. The molecule has 0 bridgehead atoms. The molecule has 2 aliphatic heterocycles. The van der Waals surface area contributed by atoms with Crippen molar-refractivity contribution in [2.24, 2.45) is 0 Å². The number of carbonyl (C=O) groups is 1. The number of nitrogens with zero attached hydrogens (tertiary/aromatic N) is 3. The van der Waals surface area contributed by atoms with Crippen LogP contribution in [0.2, 0.25) is 0 Å². The summed E-state index contributed by atoms with van der Waals surface area (Å²) < 4.78 is 7.77. The van der Waals surface area contributed by atoms with Gasteiger partial charge < -0.3 is 14.6 Å². The third kappa shape index (κ3) is 3.35. The van der Waals surface area contributed by atoms with Crippen LogP contribution < -0.4 is 5.32 Å². The van der Waals surface area contributed by atoms with Gasteiger partial charge in [-0.15, -0.1) is 0 Å². The van der Waals surface area contributed by atoms with Gasteiger partial charge in [-0.25, -0.2) is 0 Å². The first kappa shape index (κ1) is 16.4. The average Bonchev–Trinajstić information content (AvgIpc) is 3.31. The Morgan fingerprint density at radius 3 is 2.92 bits per heavy atom. The minimum atomic E-state index is 0.0151. The topological polar surface area (TPSA) is 63.3 Å². The lowest BCUT2D eigenvalue weighted by Crippen LogP contribution is -2.38. The second-order valence-corrected chi connectivity index (χ2v) is 7.14. The van der Waals surface area contributed by atoms with Crippen LogP contribution in [0.3, 0.4) is 0 Å². The van der Waals surface area contributed by atoms with Gasteiger partial charge in [-0.1, -0.05) is 0 Å². The lowest BCUT2D eigenvalue weighted by molar-refractivity contribution is 0.0571. The van der Waals surface area contributed by atoms with Gasteiger partial charge in [0.15, 0.2) is 0 Å². The van der Waals surface area contributed by atoms with Crippen LogP contribution in [0.4, 0.5) is 0 Å². The Labute approximate surface area is 148 Å². The van der Waals surface area contributed by atoms with Crippen LogP contribution in [-0.2, 0) is 0 Å². The van der Waals surface area contributed by atoms with Gasteiger partial charge in [-0.3, -0.25) is 9.48 Å². The molecule has 2 atom stereocenters. The fourth-order valence-electron chi connectivity index (χ4n) is 3.96. The predicted octanol–water partition coefficient (Wildman–Crippen LogP) is 3.08. The van der Waals surface area contributed by atoms with E-state index in [0.717, 1.165) is 63.3 Å². The molecule has 2 aromatic heterocycles. The molecule has 25 heavy (non-hydrogen) atoms. The molecular weight excluding hydrogens is 316 g/mol. The SMILES string of the molecule is Cc1ccc(C2CCCCN2C(=O)c2ccn(C3CCCNC3)n2)o1. The maximum Gasteiger partial charge on any atom is 0.274 e. The predicted molar refractivity (Wildman–Crippen MR) is 94.4 cm³/mol. The first-order chi connectivity index (χ1) is 12.2. The molecule has 1 N–H and O–H groups in total. The number of carbonyl (C=O) groups excluding carboxylic acids is 1. The molecule has 2 aliphatic rings. The third-order valence-corrected chi connectivity index (χ3v) is 5.33. The van der Waals surface area contributed by atoms with E-state index in [2.05, 4.69) is 10.4 Å². The number of hydrogen-bond acceptors (Lipinski definition) is 4. The van der Waals surface area contributed by atoms with E-state index in [1.807, 2.05) is 40.9 Å². The Balaban J connectivity index is 1.53. The second-order valence-electron chi connectivity index (χ2n) is 7.14. The fourth-order valence-corrected chi connectivity index (χ4v) is 3.96. The maximum absolute atomic E-state index is 13.1. The number of piperidine rings is 2. The highest BCUT2D eigenvalue weighted by Gasteiger charge is 2.32. The quantitative estimate of drug-likeness (QED) is 0.931. The molecule has 0 aromatic carbocycles. The van der Waals surface area contributed by atoms with Crippen LogP contribution in [-0.4, -0.2) is 40.2 Å². The van der Waals surface area contributed by atoms with Crippen molar-refractivity contribution in [1.29, 1.82) is 0 Å². The van der Waals surface area contributed by atoms with E-state index in [9.17, 15) is 4.79 Å². The molecule has 2 fully saturated rings. The van der Waals surface area contributed by atoms with Crippen LogP contribution in [0.25, 0.3) is 0 Å². The third-order valence-electron chi connectivity index (χ3n) is 5.33. The molecule has 6 heteroatoms. The van der Waals surface area contributed by atoms with Crippen molar-refractivity contribution in [3.8, 4) is 0 Å². The molecule has 2 unspecified atom stereocenters. The van der Waals surface area contributed by atoms with Crippen molar-refractivity contribution >= 4 is 5.91 Å². The second kappa shape index (κ2) is 7.04. The molecule has 6 nitrogen and oxygen atoms in total. The summed E-state index contributed by atoms with van der Waals surface area (Å²) >= 11 is 0. The Hall–Kier alpha value is -2.08. The molecule has 0 spiro atoms. The fraction of sp³-hybridized carbons (Fsp3) is 0.579. The van der Waals surface area contributed by atoms with E-state index in [0.29, 0.717) is 11.7 Å². The van der Waals surface area contributed by atoms with Crippen molar-refractivity contribution in [3.63, 3.8) is 0 Å². The molecule has 2 saturated heterocycles. The molecule has 0 radical (unpaired) electrons. The minimum Gasteiger partial charge on any atom is -0.464 e. The highest BCUT2D eigenvalue weighted by Crippen LogP contribution is 2.33. The molecule has 1 amide bonds. The van der Waals surface area contributed by atoms with Crippen molar-refractivity contribution in [3.05, 3.63) is 41.6 Å². The summed E-state index contributed by atoms with van der Waals surface area (Å²) in [6.07, 6.45) is 7.32. The lowest BCUT2D eigenvalue weighted by atomic mass is 9.99. The van der Waals surface area contributed by atoms with Crippen LogP contribution in [0, 0.1) is 6.92 Å². The average molecular weight is 342 g/mol. The Morgan fingerprint density at radius 2 is 2.16 bits per heavy atom. The molecule has 4 heterocycles. The zero-order valence-electron chi connectivity index (χ0n) is 14.8. The van der Waals surface area contributed by atoms with Crippen molar-refractivity contribution in [2.45, 2.75) is 51.1 Å². The number of aryl methyl sites for hydroxylation is 1. The summed E-state index contributed by atoms with van der Waals surface area (Å²) in [5.41, 5.74) is 0.542. The van der Waals surface area contributed by atoms with E-state index in [-0.39, 0.29) is 11.9 Å². The van der Waals surface area contributed by atoms with Gasteiger partial charge >= 0.3 is 0 Å². The molecule has 0 saturated carbocycles. The van der Waals surface area contributed by atoms with Gasteiger partial charge in [-0.05, 0) is 63.8 Å². The summed E-state index contributed by atoms with van der Waals surface area (Å²) in [5.74, 6) is 1.80. The monoisotopic (exact) mass is 342 g/mol. The van der Waals surface area contributed by atoms with Gasteiger partial charge in [0.05, 0.1) is 12.1 Å². The van der Waals surface area contributed by atoms with E-state index in [1.54, 1.807) is 0 Å². The first-order valence-electron chi connectivity index (χ1n) is 9.35. The van der Waals surface area contributed by atoms with Gasteiger partial charge in [-0.2, -0.15) is 5.10 Å². The summed E-state index contributed by atoms with van der Waals surface area (Å²) in [5, 5.41) is 7.99. The highest BCUT2D eigenvalue weighted by molar-refractivity contribution is 5.92. The number of likely N-dealkylation sites (tertiary alicyclic amines) is 1. The lowest BCUT2D eigenvalue weighted by Gasteiger charge is -2.34.